The maximum Gasteiger partial charge on any atom is 0.329 e. The number of carbonyl (C=O) groups is 2. The largest absolute Gasteiger partial charge is 0.491 e. The van der Waals surface area contributed by atoms with Gasteiger partial charge in [-0.05, 0) is 51.5 Å². The molecule has 1 aromatic rings. The predicted molar refractivity (Wildman–Crippen MR) is 92.1 cm³/mol. The lowest BCUT2D eigenvalue weighted by Crippen LogP contribution is -2.56. The second-order valence-corrected chi connectivity index (χ2v) is 7.07. The lowest BCUT2D eigenvalue weighted by Gasteiger charge is -2.36. The van der Waals surface area contributed by atoms with Gasteiger partial charge in [0.15, 0.2) is 0 Å². The zero-order valence-electron chi connectivity index (χ0n) is 14.7. The Kier molecular flexibility index (Phi) is 5.86. The number of benzene rings is 1. The van der Waals surface area contributed by atoms with Crippen LogP contribution < -0.4 is 10.1 Å². The smallest absolute Gasteiger partial charge is 0.329 e. The Morgan fingerprint density at radius 2 is 1.92 bits per heavy atom. The van der Waals surface area contributed by atoms with E-state index in [2.05, 4.69) is 12.2 Å². The maximum absolute atomic E-state index is 12.5. The maximum atomic E-state index is 12.5. The quantitative estimate of drug-likeness (QED) is 0.838. The van der Waals surface area contributed by atoms with Crippen LogP contribution in [0.2, 0.25) is 0 Å². The van der Waals surface area contributed by atoms with Crippen LogP contribution in [0.3, 0.4) is 0 Å². The number of nitrogens with one attached hydrogen (secondary N) is 1. The molecule has 0 heterocycles. The molecule has 0 aromatic heterocycles. The number of amides is 1. The van der Waals surface area contributed by atoms with Crippen LogP contribution in [0.5, 0.6) is 5.75 Å². The van der Waals surface area contributed by atoms with Gasteiger partial charge in [-0.2, -0.15) is 0 Å². The van der Waals surface area contributed by atoms with Gasteiger partial charge in [0.1, 0.15) is 11.3 Å². The highest BCUT2D eigenvalue weighted by Gasteiger charge is 2.42. The predicted octanol–water partition coefficient (Wildman–Crippen LogP) is 3.17. The molecule has 24 heavy (non-hydrogen) atoms. The van der Waals surface area contributed by atoms with Crippen molar-refractivity contribution in [1.29, 1.82) is 0 Å². The van der Waals surface area contributed by atoms with Crippen molar-refractivity contribution in [3.63, 3.8) is 0 Å². The number of para-hydroxylation sites is 1. The average molecular weight is 333 g/mol. The topological polar surface area (TPSA) is 75.6 Å². The summed E-state index contributed by atoms with van der Waals surface area (Å²) in [4.78, 5) is 24.2. The third kappa shape index (κ3) is 4.49. The molecule has 1 amide bonds. The second-order valence-electron chi connectivity index (χ2n) is 7.07. The van der Waals surface area contributed by atoms with E-state index in [0.29, 0.717) is 24.5 Å². The van der Waals surface area contributed by atoms with E-state index in [0.717, 1.165) is 18.4 Å². The van der Waals surface area contributed by atoms with Crippen molar-refractivity contribution < 1.29 is 19.4 Å². The average Bonchev–Trinajstić information content (AvgIpc) is 2.51. The van der Waals surface area contributed by atoms with E-state index in [1.807, 2.05) is 38.1 Å². The number of carbonyl (C=O) groups excluding carboxylic acids is 1. The van der Waals surface area contributed by atoms with Gasteiger partial charge in [-0.3, -0.25) is 4.79 Å². The summed E-state index contributed by atoms with van der Waals surface area (Å²) in [6.45, 7) is 5.98. The molecular formula is C19H27NO4. The van der Waals surface area contributed by atoms with Gasteiger partial charge in [0.2, 0.25) is 5.91 Å². The van der Waals surface area contributed by atoms with Crippen LogP contribution in [-0.4, -0.2) is 28.6 Å². The molecule has 132 valence electrons. The minimum atomic E-state index is -1.13. The number of aliphatic carboxylic acids is 1. The molecule has 0 spiro atoms. The fraction of sp³-hybridized carbons (Fsp3) is 0.579. The minimum Gasteiger partial charge on any atom is -0.491 e. The van der Waals surface area contributed by atoms with Gasteiger partial charge in [0.25, 0.3) is 0 Å². The molecule has 0 bridgehead atoms. The molecule has 1 aliphatic rings. The Labute approximate surface area is 143 Å². The number of carboxylic acid groups (broad SMARTS) is 1. The van der Waals surface area contributed by atoms with Gasteiger partial charge >= 0.3 is 5.97 Å². The molecule has 1 fully saturated rings. The molecule has 0 atom stereocenters. The van der Waals surface area contributed by atoms with Crippen molar-refractivity contribution in [2.75, 3.05) is 0 Å². The monoisotopic (exact) mass is 333 g/mol. The standard InChI is InChI=1S/C19H27NO4/c1-13(2)24-16-7-5-4-6-15(16)12-17(21)20-19(18(22)23)10-8-14(3)9-11-19/h4-7,13-14H,8-12H2,1-3H3,(H,20,21)(H,22,23). The Morgan fingerprint density at radius 3 is 2.50 bits per heavy atom. The molecule has 0 saturated heterocycles. The summed E-state index contributed by atoms with van der Waals surface area (Å²) in [7, 11) is 0. The first kappa shape index (κ1) is 18.3. The highest BCUT2D eigenvalue weighted by molar-refractivity contribution is 5.88. The highest BCUT2D eigenvalue weighted by Crippen LogP contribution is 2.32. The second kappa shape index (κ2) is 7.69. The normalized spacial score (nSPS) is 23.8. The molecule has 5 heteroatoms. The molecule has 2 N–H and O–H groups in total. The van der Waals surface area contributed by atoms with Crippen LogP contribution in [0.25, 0.3) is 0 Å². The van der Waals surface area contributed by atoms with Gasteiger partial charge in [0.05, 0.1) is 12.5 Å². The number of rotatable bonds is 6. The van der Waals surface area contributed by atoms with E-state index < -0.39 is 11.5 Å². The van der Waals surface area contributed by atoms with Crippen molar-refractivity contribution >= 4 is 11.9 Å². The zero-order valence-corrected chi connectivity index (χ0v) is 14.7. The van der Waals surface area contributed by atoms with E-state index in [-0.39, 0.29) is 18.4 Å². The summed E-state index contributed by atoms with van der Waals surface area (Å²) < 4.78 is 5.73. The number of hydrogen-bond acceptors (Lipinski definition) is 3. The van der Waals surface area contributed by atoms with E-state index in [4.69, 9.17) is 4.74 Å². The molecule has 1 saturated carbocycles. The van der Waals surface area contributed by atoms with Crippen molar-refractivity contribution in [2.24, 2.45) is 5.92 Å². The molecule has 1 aliphatic carbocycles. The fourth-order valence-corrected chi connectivity index (χ4v) is 3.15. The molecule has 0 aliphatic heterocycles. The first-order valence-electron chi connectivity index (χ1n) is 8.61. The van der Waals surface area contributed by atoms with Crippen molar-refractivity contribution in [1.82, 2.24) is 5.32 Å². The Hall–Kier alpha value is -2.04. The van der Waals surface area contributed by atoms with Crippen LogP contribution in [-0.2, 0) is 16.0 Å². The molecule has 1 aromatic carbocycles. The number of ether oxygens (including phenoxy) is 1. The first-order valence-corrected chi connectivity index (χ1v) is 8.61. The van der Waals surface area contributed by atoms with E-state index in [9.17, 15) is 14.7 Å². The SMILES string of the molecule is CC1CCC(NC(=O)Cc2ccccc2OC(C)C)(C(=O)O)CC1. The lowest BCUT2D eigenvalue weighted by molar-refractivity contribution is -0.149. The van der Waals surface area contributed by atoms with Crippen LogP contribution in [0.4, 0.5) is 0 Å². The summed E-state index contributed by atoms with van der Waals surface area (Å²) in [6.07, 6.45) is 2.74. The molecule has 2 rings (SSSR count). The molecule has 0 radical (unpaired) electrons. The van der Waals surface area contributed by atoms with E-state index in [1.165, 1.54) is 0 Å². The Balaban J connectivity index is 2.08. The molecule has 5 nitrogen and oxygen atoms in total. The summed E-state index contributed by atoms with van der Waals surface area (Å²) in [5.41, 5.74) is -0.356. The van der Waals surface area contributed by atoms with Gasteiger partial charge in [-0.25, -0.2) is 4.79 Å². The lowest BCUT2D eigenvalue weighted by atomic mass is 9.77. The van der Waals surface area contributed by atoms with Gasteiger partial charge < -0.3 is 15.2 Å². The highest BCUT2D eigenvalue weighted by atomic mass is 16.5. The van der Waals surface area contributed by atoms with Gasteiger partial charge in [-0.15, -0.1) is 0 Å². The summed E-state index contributed by atoms with van der Waals surface area (Å²) >= 11 is 0. The third-order valence-corrected chi connectivity index (χ3v) is 4.60. The fourth-order valence-electron chi connectivity index (χ4n) is 3.15. The third-order valence-electron chi connectivity index (χ3n) is 4.60. The van der Waals surface area contributed by atoms with E-state index >= 15 is 0 Å². The summed E-state index contributed by atoms with van der Waals surface area (Å²) in [5, 5.41) is 12.4. The first-order chi connectivity index (χ1) is 11.3. The minimum absolute atomic E-state index is 0.0133. The van der Waals surface area contributed by atoms with Gasteiger partial charge in [-0.1, -0.05) is 25.1 Å². The van der Waals surface area contributed by atoms with Gasteiger partial charge in [0, 0.05) is 5.56 Å². The van der Waals surface area contributed by atoms with Crippen molar-refractivity contribution in [3.8, 4) is 5.75 Å². The van der Waals surface area contributed by atoms with Crippen LogP contribution in [0.15, 0.2) is 24.3 Å². The van der Waals surface area contributed by atoms with Crippen molar-refractivity contribution in [2.45, 2.75) is 64.5 Å². The van der Waals surface area contributed by atoms with E-state index in [1.54, 1.807) is 0 Å². The number of hydrogen-bond donors (Lipinski definition) is 2. The van der Waals surface area contributed by atoms with Crippen molar-refractivity contribution in [3.05, 3.63) is 29.8 Å². The zero-order chi connectivity index (χ0) is 17.7. The van der Waals surface area contributed by atoms with Crippen LogP contribution in [0, 0.1) is 5.92 Å². The Morgan fingerprint density at radius 1 is 1.29 bits per heavy atom. The summed E-state index contributed by atoms with van der Waals surface area (Å²) in [6, 6.07) is 7.39. The Bertz CT molecular complexity index is 589. The molecule has 0 unspecified atom stereocenters. The summed E-state index contributed by atoms with van der Waals surface area (Å²) in [5.74, 6) is -0.0277. The van der Waals surface area contributed by atoms with Crippen LogP contribution in [0.1, 0.15) is 52.0 Å². The number of carboxylic acids is 1. The molecular weight excluding hydrogens is 306 g/mol. The van der Waals surface area contributed by atoms with Crippen LogP contribution >= 0.6 is 0 Å².